The van der Waals surface area contributed by atoms with Crippen molar-refractivity contribution >= 4 is 40.2 Å². The van der Waals surface area contributed by atoms with E-state index < -0.39 is 0 Å². The highest BCUT2D eigenvalue weighted by atomic mass is 35.5. The lowest BCUT2D eigenvalue weighted by atomic mass is 10.3. The van der Waals surface area contributed by atoms with E-state index in [0.717, 1.165) is 0 Å². The largest absolute Gasteiger partial charge is 0.380 e. The van der Waals surface area contributed by atoms with Gasteiger partial charge in [0, 0.05) is 26.8 Å². The maximum atomic E-state index is 11.7. The molecule has 0 fully saturated rings. The van der Waals surface area contributed by atoms with Crippen molar-refractivity contribution in [1.29, 1.82) is 0 Å². The van der Waals surface area contributed by atoms with Crippen LogP contribution in [0.1, 0.15) is 19.5 Å². The van der Waals surface area contributed by atoms with E-state index >= 15 is 0 Å². The molecule has 11 heteroatoms. The summed E-state index contributed by atoms with van der Waals surface area (Å²) in [6.07, 6.45) is 3.05. The van der Waals surface area contributed by atoms with Crippen molar-refractivity contribution in [2.45, 2.75) is 26.9 Å². The number of hydrogen-bond acceptors (Lipinski definition) is 8. The van der Waals surface area contributed by atoms with Gasteiger partial charge in [0.15, 0.2) is 5.82 Å². The highest BCUT2D eigenvalue weighted by molar-refractivity contribution is 6.28. The van der Waals surface area contributed by atoms with Gasteiger partial charge in [-0.1, -0.05) is 0 Å². The monoisotopic (exact) mass is 404 g/mol. The Morgan fingerprint density at radius 1 is 1.39 bits per heavy atom. The van der Waals surface area contributed by atoms with E-state index in [2.05, 4.69) is 30.4 Å². The topological polar surface area (TPSA) is 111 Å². The average molecular weight is 405 g/mol. The molecular weight excluding hydrogens is 384 g/mol. The number of nitrogens with one attached hydrogen (secondary N) is 1. The van der Waals surface area contributed by atoms with Crippen LogP contribution in [-0.4, -0.2) is 60.8 Å². The molecule has 0 aliphatic heterocycles. The van der Waals surface area contributed by atoms with Gasteiger partial charge in [0.1, 0.15) is 28.9 Å². The summed E-state index contributed by atoms with van der Waals surface area (Å²) in [7, 11) is 1.70. The van der Waals surface area contributed by atoms with Gasteiger partial charge in [0.25, 0.3) is 0 Å². The standard InChI is InChI=1S/C17H21ClN8O2/c1-4-28-8-7-26-15-14(12(24-26)9-25(3)11(2)27)22-17(18)23-16(15)21-13-5-6-19-10-20-13/h5-6,10H,4,7-9H2,1-3H3,(H,19,20,21,22,23). The Hall–Kier alpha value is -2.85. The lowest BCUT2D eigenvalue weighted by Crippen LogP contribution is -2.23. The third kappa shape index (κ3) is 4.52. The average Bonchev–Trinajstić information content (AvgIpc) is 3.00. The molecule has 0 atom stereocenters. The Morgan fingerprint density at radius 2 is 2.21 bits per heavy atom. The van der Waals surface area contributed by atoms with Crippen LogP contribution in [0.3, 0.4) is 0 Å². The Bertz CT molecular complexity index is 963. The number of nitrogens with zero attached hydrogens (tertiary/aromatic N) is 7. The maximum Gasteiger partial charge on any atom is 0.225 e. The summed E-state index contributed by atoms with van der Waals surface area (Å²) in [5, 5.41) is 7.84. The normalized spacial score (nSPS) is 11.0. The van der Waals surface area contributed by atoms with Crippen molar-refractivity contribution in [1.82, 2.24) is 34.6 Å². The molecule has 3 rings (SSSR count). The lowest BCUT2D eigenvalue weighted by molar-refractivity contribution is -0.128. The summed E-state index contributed by atoms with van der Waals surface area (Å²) in [5.74, 6) is 0.956. The predicted molar refractivity (Wildman–Crippen MR) is 104 cm³/mol. The minimum Gasteiger partial charge on any atom is -0.380 e. The fourth-order valence-corrected chi connectivity index (χ4v) is 2.76. The molecule has 10 nitrogen and oxygen atoms in total. The first-order chi connectivity index (χ1) is 13.5. The highest BCUT2D eigenvalue weighted by Crippen LogP contribution is 2.27. The summed E-state index contributed by atoms with van der Waals surface area (Å²) in [6, 6.07) is 1.72. The van der Waals surface area contributed by atoms with Crippen LogP contribution in [0.15, 0.2) is 18.6 Å². The summed E-state index contributed by atoms with van der Waals surface area (Å²) in [4.78, 5) is 30.0. The van der Waals surface area contributed by atoms with Crippen LogP contribution in [0.5, 0.6) is 0 Å². The number of halogens is 1. The number of amides is 1. The van der Waals surface area contributed by atoms with Crippen LogP contribution < -0.4 is 5.32 Å². The van der Waals surface area contributed by atoms with Gasteiger partial charge in [-0.25, -0.2) is 15.0 Å². The number of rotatable bonds is 8. The van der Waals surface area contributed by atoms with Crippen LogP contribution in [0.4, 0.5) is 11.6 Å². The van der Waals surface area contributed by atoms with Gasteiger partial charge < -0.3 is 15.0 Å². The molecule has 0 aromatic carbocycles. The zero-order valence-electron chi connectivity index (χ0n) is 15.9. The van der Waals surface area contributed by atoms with E-state index in [4.69, 9.17) is 16.3 Å². The quantitative estimate of drug-likeness (QED) is 0.448. The molecule has 3 aromatic heterocycles. The van der Waals surface area contributed by atoms with Crippen LogP contribution in [0.25, 0.3) is 11.0 Å². The highest BCUT2D eigenvalue weighted by Gasteiger charge is 2.20. The number of carbonyl (C=O) groups is 1. The number of fused-ring (bicyclic) bond motifs is 1. The SMILES string of the molecule is CCOCCn1nc(CN(C)C(C)=O)c2nc(Cl)nc(Nc3ccncn3)c21. The molecule has 0 spiro atoms. The second kappa shape index (κ2) is 8.89. The van der Waals surface area contributed by atoms with E-state index in [1.165, 1.54) is 13.3 Å². The first kappa shape index (κ1) is 19.9. The minimum atomic E-state index is -0.0727. The third-order valence-electron chi connectivity index (χ3n) is 4.03. The van der Waals surface area contributed by atoms with Crippen molar-refractivity contribution in [2.24, 2.45) is 0 Å². The maximum absolute atomic E-state index is 11.7. The zero-order chi connectivity index (χ0) is 20.1. The Kier molecular flexibility index (Phi) is 6.32. The van der Waals surface area contributed by atoms with E-state index in [9.17, 15) is 4.79 Å². The van der Waals surface area contributed by atoms with Crippen molar-refractivity contribution in [3.8, 4) is 0 Å². The molecule has 3 aromatic rings. The fourth-order valence-electron chi connectivity index (χ4n) is 2.59. The van der Waals surface area contributed by atoms with Gasteiger partial charge >= 0.3 is 0 Å². The predicted octanol–water partition coefficient (Wildman–Crippen LogP) is 2.03. The first-order valence-corrected chi connectivity index (χ1v) is 9.12. The minimum absolute atomic E-state index is 0.0696. The number of anilines is 2. The molecule has 28 heavy (non-hydrogen) atoms. The number of ether oxygens (including phenoxy) is 1. The molecule has 3 heterocycles. The van der Waals surface area contributed by atoms with E-state index in [1.54, 1.807) is 28.9 Å². The summed E-state index contributed by atoms with van der Waals surface area (Å²) >= 11 is 6.16. The van der Waals surface area contributed by atoms with Gasteiger partial charge in [-0.15, -0.1) is 0 Å². The van der Waals surface area contributed by atoms with Crippen LogP contribution in [0, 0.1) is 0 Å². The molecule has 0 aliphatic rings. The van der Waals surface area contributed by atoms with Gasteiger partial charge in [-0.05, 0) is 24.6 Å². The van der Waals surface area contributed by atoms with Crippen molar-refractivity contribution in [3.05, 3.63) is 29.6 Å². The van der Waals surface area contributed by atoms with E-state index in [1.807, 2.05) is 6.92 Å². The van der Waals surface area contributed by atoms with Crippen molar-refractivity contribution < 1.29 is 9.53 Å². The van der Waals surface area contributed by atoms with Crippen molar-refractivity contribution in [3.63, 3.8) is 0 Å². The summed E-state index contributed by atoms with van der Waals surface area (Å²) in [5.41, 5.74) is 1.86. The number of hydrogen-bond donors (Lipinski definition) is 1. The smallest absolute Gasteiger partial charge is 0.225 e. The van der Waals surface area contributed by atoms with Gasteiger partial charge in [-0.3, -0.25) is 9.48 Å². The van der Waals surface area contributed by atoms with Crippen LogP contribution >= 0.6 is 11.6 Å². The Balaban J connectivity index is 2.08. The van der Waals surface area contributed by atoms with Gasteiger partial charge in [0.2, 0.25) is 11.2 Å². The molecule has 0 aliphatic carbocycles. The van der Waals surface area contributed by atoms with E-state index in [-0.39, 0.29) is 11.2 Å². The lowest BCUT2D eigenvalue weighted by Gasteiger charge is -2.12. The first-order valence-electron chi connectivity index (χ1n) is 8.75. The molecule has 148 valence electrons. The molecule has 0 radical (unpaired) electrons. The van der Waals surface area contributed by atoms with Gasteiger partial charge in [0.05, 0.1) is 19.7 Å². The second-order valence-corrected chi connectivity index (χ2v) is 6.34. The summed E-state index contributed by atoms with van der Waals surface area (Å²) < 4.78 is 7.22. The van der Waals surface area contributed by atoms with Crippen LogP contribution in [-0.2, 0) is 22.6 Å². The number of carbonyl (C=O) groups excluding carboxylic acids is 1. The molecule has 0 saturated carbocycles. The third-order valence-corrected chi connectivity index (χ3v) is 4.20. The molecule has 1 amide bonds. The van der Waals surface area contributed by atoms with Crippen LogP contribution in [0.2, 0.25) is 5.28 Å². The summed E-state index contributed by atoms with van der Waals surface area (Å²) in [6.45, 7) is 5.31. The number of aromatic nitrogens is 6. The molecular formula is C17H21ClN8O2. The molecule has 0 unspecified atom stereocenters. The molecule has 1 N–H and O–H groups in total. The Morgan fingerprint density at radius 3 is 2.89 bits per heavy atom. The molecule has 0 bridgehead atoms. The van der Waals surface area contributed by atoms with Crippen molar-refractivity contribution in [2.75, 3.05) is 25.6 Å². The zero-order valence-corrected chi connectivity index (χ0v) is 16.6. The van der Waals surface area contributed by atoms with Gasteiger partial charge in [-0.2, -0.15) is 10.1 Å². The fraction of sp³-hybridized carbons (Fsp3) is 0.412. The second-order valence-electron chi connectivity index (χ2n) is 6.00. The molecule has 0 saturated heterocycles. The van der Waals surface area contributed by atoms with E-state index in [0.29, 0.717) is 54.7 Å². The Labute approximate surface area is 166 Å².